The molecule has 24 heavy (non-hydrogen) atoms. The van der Waals surface area contributed by atoms with Crippen LogP contribution in [-0.4, -0.2) is 48.2 Å². The van der Waals surface area contributed by atoms with Crippen molar-refractivity contribution < 1.29 is 9.53 Å². The van der Waals surface area contributed by atoms with Gasteiger partial charge in [0.05, 0.1) is 23.8 Å². The molecular weight excluding hydrogens is 306 g/mol. The maximum Gasteiger partial charge on any atom is 0.265 e. The summed E-state index contributed by atoms with van der Waals surface area (Å²) in [5.74, 6) is 1.41. The van der Waals surface area contributed by atoms with Gasteiger partial charge in [0.2, 0.25) is 0 Å². The summed E-state index contributed by atoms with van der Waals surface area (Å²) < 4.78 is 5.59. The molecule has 0 bridgehead atoms. The number of anilines is 2. The van der Waals surface area contributed by atoms with Gasteiger partial charge in [-0.25, -0.2) is 4.98 Å². The molecule has 7 nitrogen and oxygen atoms in total. The molecule has 2 aromatic rings. The number of aromatic nitrogens is 2. The molecule has 1 unspecified atom stereocenters. The highest BCUT2D eigenvalue weighted by Gasteiger charge is 2.24. The second kappa shape index (κ2) is 6.09. The molecule has 7 heteroatoms. The van der Waals surface area contributed by atoms with E-state index in [1.54, 1.807) is 19.3 Å². The lowest BCUT2D eigenvalue weighted by molar-refractivity contribution is -0.122. The van der Waals surface area contributed by atoms with Crippen molar-refractivity contribution >= 4 is 17.4 Å². The number of carbonyl (C=O) groups excluding carboxylic acids is 1. The molecule has 2 N–H and O–H groups in total. The Morgan fingerprint density at radius 2 is 2.08 bits per heavy atom. The van der Waals surface area contributed by atoms with Crippen molar-refractivity contribution in [1.82, 2.24) is 15.3 Å². The van der Waals surface area contributed by atoms with Gasteiger partial charge in [0.1, 0.15) is 11.6 Å². The molecule has 3 heterocycles. The zero-order chi connectivity index (χ0) is 16.5. The van der Waals surface area contributed by atoms with Crippen LogP contribution in [0.3, 0.4) is 0 Å². The Morgan fingerprint density at radius 1 is 1.25 bits per heavy atom. The van der Waals surface area contributed by atoms with E-state index in [4.69, 9.17) is 9.72 Å². The molecule has 0 spiro atoms. The van der Waals surface area contributed by atoms with Crippen LogP contribution in [0.1, 0.15) is 6.92 Å². The van der Waals surface area contributed by atoms with Crippen molar-refractivity contribution in [3.05, 3.63) is 30.6 Å². The molecule has 0 radical (unpaired) electrons. The standard InChI is InChI=1S/C17H19N5O2/c1-11-17(23)21-13-8-12(2-3-15(13)24-11)14-9-19-10-16(20-14)22-6-4-18-5-7-22/h2-3,8-11,18H,4-7H2,1H3,(H,21,23). The average molecular weight is 325 g/mol. The van der Waals surface area contributed by atoms with E-state index in [0.29, 0.717) is 11.4 Å². The summed E-state index contributed by atoms with van der Waals surface area (Å²) in [5, 5.41) is 6.20. The largest absolute Gasteiger partial charge is 0.479 e. The molecular formula is C17H19N5O2. The van der Waals surface area contributed by atoms with Crippen LogP contribution < -0.4 is 20.3 Å². The average Bonchev–Trinajstić information content (AvgIpc) is 2.63. The van der Waals surface area contributed by atoms with Crippen LogP contribution in [0.25, 0.3) is 11.3 Å². The first-order valence-corrected chi connectivity index (χ1v) is 8.10. The summed E-state index contributed by atoms with van der Waals surface area (Å²) in [6.45, 7) is 5.47. The highest BCUT2D eigenvalue weighted by molar-refractivity contribution is 5.98. The summed E-state index contributed by atoms with van der Waals surface area (Å²) in [6, 6.07) is 5.68. The Hall–Kier alpha value is -2.67. The Morgan fingerprint density at radius 3 is 2.92 bits per heavy atom. The van der Waals surface area contributed by atoms with E-state index in [9.17, 15) is 4.79 Å². The lowest BCUT2D eigenvalue weighted by atomic mass is 10.1. The van der Waals surface area contributed by atoms with Gasteiger partial charge in [0.25, 0.3) is 5.91 Å². The first-order chi connectivity index (χ1) is 11.7. The number of benzene rings is 1. The molecule has 4 rings (SSSR count). The molecule has 0 saturated carbocycles. The van der Waals surface area contributed by atoms with Gasteiger partial charge in [0.15, 0.2) is 6.10 Å². The van der Waals surface area contributed by atoms with Gasteiger partial charge in [-0.1, -0.05) is 0 Å². The monoisotopic (exact) mass is 325 g/mol. The van der Waals surface area contributed by atoms with E-state index in [0.717, 1.165) is 43.3 Å². The van der Waals surface area contributed by atoms with Crippen LogP contribution in [0, 0.1) is 0 Å². The topological polar surface area (TPSA) is 79.4 Å². The normalized spacial score (nSPS) is 20.1. The fourth-order valence-electron chi connectivity index (χ4n) is 2.91. The predicted octanol–water partition coefficient (Wildman–Crippen LogP) is 1.27. The van der Waals surface area contributed by atoms with Crippen LogP contribution in [-0.2, 0) is 4.79 Å². The molecule has 1 amide bonds. The van der Waals surface area contributed by atoms with Crippen LogP contribution in [0.5, 0.6) is 5.75 Å². The minimum absolute atomic E-state index is 0.139. The lowest BCUT2D eigenvalue weighted by Crippen LogP contribution is -2.43. The van der Waals surface area contributed by atoms with Crippen molar-refractivity contribution in [3.8, 4) is 17.0 Å². The van der Waals surface area contributed by atoms with Crippen LogP contribution in [0.2, 0.25) is 0 Å². The molecule has 1 saturated heterocycles. The van der Waals surface area contributed by atoms with E-state index in [-0.39, 0.29) is 5.91 Å². The number of ether oxygens (including phenoxy) is 1. The molecule has 1 aromatic heterocycles. The van der Waals surface area contributed by atoms with Crippen molar-refractivity contribution in [3.63, 3.8) is 0 Å². The second-order valence-electron chi connectivity index (χ2n) is 5.96. The third-order valence-electron chi connectivity index (χ3n) is 4.27. The smallest absolute Gasteiger partial charge is 0.265 e. The highest BCUT2D eigenvalue weighted by atomic mass is 16.5. The second-order valence-corrected chi connectivity index (χ2v) is 5.96. The molecule has 124 valence electrons. The third kappa shape index (κ3) is 2.78. The zero-order valence-corrected chi connectivity index (χ0v) is 13.5. The van der Waals surface area contributed by atoms with Gasteiger partial charge in [-0.2, -0.15) is 0 Å². The zero-order valence-electron chi connectivity index (χ0n) is 13.5. The van der Waals surface area contributed by atoms with Crippen LogP contribution >= 0.6 is 0 Å². The number of nitrogens with one attached hydrogen (secondary N) is 2. The Kier molecular flexibility index (Phi) is 3.78. The van der Waals surface area contributed by atoms with E-state index in [2.05, 4.69) is 20.5 Å². The Labute approximate surface area is 140 Å². The molecule has 1 atom stereocenters. The first kappa shape index (κ1) is 14.9. The number of amides is 1. The SMILES string of the molecule is CC1Oc2ccc(-c3cncc(N4CCNCC4)n3)cc2NC1=O. The Bertz CT molecular complexity index is 773. The van der Waals surface area contributed by atoms with Gasteiger partial charge >= 0.3 is 0 Å². The minimum Gasteiger partial charge on any atom is -0.479 e. The van der Waals surface area contributed by atoms with Crippen LogP contribution in [0.15, 0.2) is 30.6 Å². The summed E-state index contributed by atoms with van der Waals surface area (Å²) in [6.07, 6.45) is 3.06. The summed E-state index contributed by atoms with van der Waals surface area (Å²) in [5.41, 5.74) is 2.35. The van der Waals surface area contributed by atoms with Crippen molar-refractivity contribution in [1.29, 1.82) is 0 Å². The van der Waals surface area contributed by atoms with Crippen molar-refractivity contribution in [2.75, 3.05) is 36.4 Å². The molecule has 1 fully saturated rings. The van der Waals surface area contributed by atoms with Crippen molar-refractivity contribution in [2.45, 2.75) is 13.0 Å². The van der Waals surface area contributed by atoms with Gasteiger partial charge in [0, 0.05) is 31.7 Å². The number of hydrogen-bond acceptors (Lipinski definition) is 6. The fraction of sp³-hybridized carbons (Fsp3) is 0.353. The maximum absolute atomic E-state index is 11.8. The number of fused-ring (bicyclic) bond motifs is 1. The predicted molar refractivity (Wildman–Crippen MR) is 91.3 cm³/mol. The van der Waals surface area contributed by atoms with Gasteiger partial charge < -0.3 is 20.3 Å². The number of piperazine rings is 1. The minimum atomic E-state index is -0.473. The molecule has 0 aliphatic carbocycles. The summed E-state index contributed by atoms with van der Waals surface area (Å²) in [7, 11) is 0. The molecule has 2 aliphatic heterocycles. The number of carbonyl (C=O) groups is 1. The van der Waals surface area contributed by atoms with E-state index < -0.39 is 6.10 Å². The third-order valence-corrected chi connectivity index (χ3v) is 4.27. The number of nitrogens with zero attached hydrogens (tertiary/aromatic N) is 3. The molecule has 1 aromatic carbocycles. The van der Waals surface area contributed by atoms with E-state index in [1.807, 2.05) is 18.2 Å². The highest BCUT2D eigenvalue weighted by Crippen LogP contribution is 2.33. The lowest BCUT2D eigenvalue weighted by Gasteiger charge is -2.28. The van der Waals surface area contributed by atoms with Crippen LogP contribution in [0.4, 0.5) is 11.5 Å². The summed E-state index contributed by atoms with van der Waals surface area (Å²) in [4.78, 5) is 23.1. The molecule has 2 aliphatic rings. The number of hydrogen-bond donors (Lipinski definition) is 2. The first-order valence-electron chi connectivity index (χ1n) is 8.10. The summed E-state index contributed by atoms with van der Waals surface area (Å²) >= 11 is 0. The Balaban J connectivity index is 1.64. The van der Waals surface area contributed by atoms with E-state index >= 15 is 0 Å². The van der Waals surface area contributed by atoms with Gasteiger partial charge in [-0.3, -0.25) is 9.78 Å². The maximum atomic E-state index is 11.8. The number of rotatable bonds is 2. The fourth-order valence-corrected chi connectivity index (χ4v) is 2.91. The van der Waals surface area contributed by atoms with Gasteiger partial charge in [-0.05, 0) is 25.1 Å². The van der Waals surface area contributed by atoms with E-state index in [1.165, 1.54) is 0 Å². The van der Waals surface area contributed by atoms with Gasteiger partial charge in [-0.15, -0.1) is 0 Å². The quantitative estimate of drug-likeness (QED) is 0.866. The van der Waals surface area contributed by atoms with Crippen molar-refractivity contribution in [2.24, 2.45) is 0 Å².